The fraction of sp³-hybridized carbons (Fsp3) is 0.320. The number of urea groups is 1. The topological polar surface area (TPSA) is 126 Å². The molecule has 2 aromatic heterocycles. The summed E-state index contributed by atoms with van der Waals surface area (Å²) >= 11 is 0. The smallest absolute Gasteiger partial charge is 0.325 e. The molecule has 0 unspecified atom stereocenters. The molecule has 1 aliphatic rings. The number of carbonyl (C=O) groups is 3. The van der Waals surface area contributed by atoms with E-state index in [0.717, 1.165) is 23.1 Å². The van der Waals surface area contributed by atoms with Crippen LogP contribution in [0.5, 0.6) is 0 Å². The third-order valence-electron chi connectivity index (χ3n) is 6.50. The fourth-order valence-electron chi connectivity index (χ4n) is 4.54. The van der Waals surface area contributed by atoms with E-state index in [1.54, 1.807) is 32.2 Å². The molecule has 1 saturated heterocycles. The van der Waals surface area contributed by atoms with Crippen molar-refractivity contribution in [2.75, 3.05) is 17.7 Å². The number of imide groups is 1. The van der Waals surface area contributed by atoms with Gasteiger partial charge in [-0.05, 0) is 48.7 Å². The summed E-state index contributed by atoms with van der Waals surface area (Å²) in [5, 5.41) is 6.65. The standard InChI is InChI=1S/C25H27F2N7O3/c1-4-19(16-13-15(26)5-6-18(16)27)31-25(37)34-22(24(36)32(2)21-8-10-30-33(21)3)17(23(34)35)11-14-7-9-29-20(28)12-14/h5-10,12-13,17,19,22H,4,11H2,1-3H3,(H2,28,29)(H,31,37)/t17-,19-,22+/m1/s1. The Bertz CT molecular complexity index is 1350. The number of β-lactam (4-membered cyclic amide) rings is 1. The van der Waals surface area contributed by atoms with Gasteiger partial charge in [-0.25, -0.2) is 18.6 Å². The minimum absolute atomic E-state index is 0.0532. The first-order chi connectivity index (χ1) is 17.6. The average Bonchev–Trinajstić information content (AvgIpc) is 3.30. The van der Waals surface area contributed by atoms with Crippen molar-refractivity contribution in [3.8, 4) is 0 Å². The lowest BCUT2D eigenvalue weighted by atomic mass is 9.81. The number of nitrogens with zero attached hydrogens (tertiary/aromatic N) is 5. The zero-order chi connectivity index (χ0) is 26.9. The lowest BCUT2D eigenvalue weighted by Crippen LogP contribution is -2.70. The molecular formula is C25H27F2N7O3. The number of aromatic nitrogens is 3. The number of likely N-dealkylation sites (N-methyl/N-ethyl adjacent to an activating group) is 1. The lowest BCUT2D eigenvalue weighted by molar-refractivity contribution is -0.156. The highest BCUT2D eigenvalue weighted by Crippen LogP contribution is 2.33. The Hall–Kier alpha value is -4.35. The zero-order valence-electron chi connectivity index (χ0n) is 20.6. The molecule has 10 nitrogen and oxygen atoms in total. The third kappa shape index (κ3) is 4.99. The Morgan fingerprint density at radius 2 is 1.95 bits per heavy atom. The van der Waals surface area contributed by atoms with Crippen LogP contribution in [0.2, 0.25) is 0 Å². The molecule has 0 saturated carbocycles. The molecule has 4 amide bonds. The second kappa shape index (κ2) is 10.3. The number of likely N-dealkylation sites (tertiary alicyclic amines) is 1. The summed E-state index contributed by atoms with van der Waals surface area (Å²) in [6.07, 6.45) is 3.39. The lowest BCUT2D eigenvalue weighted by Gasteiger charge is -2.46. The summed E-state index contributed by atoms with van der Waals surface area (Å²) in [5.41, 5.74) is 6.39. The first-order valence-electron chi connectivity index (χ1n) is 11.7. The van der Waals surface area contributed by atoms with Crippen LogP contribution in [0.15, 0.2) is 48.8 Å². The zero-order valence-corrected chi connectivity index (χ0v) is 20.6. The predicted octanol–water partition coefficient (Wildman–Crippen LogP) is 2.57. The monoisotopic (exact) mass is 511 g/mol. The van der Waals surface area contributed by atoms with Crippen molar-refractivity contribution in [3.05, 3.63) is 71.6 Å². The van der Waals surface area contributed by atoms with Gasteiger partial charge in [0.1, 0.15) is 29.3 Å². The van der Waals surface area contributed by atoms with Crippen LogP contribution < -0.4 is 16.0 Å². The summed E-state index contributed by atoms with van der Waals surface area (Å²) in [6, 6.07) is 4.92. The van der Waals surface area contributed by atoms with Crippen LogP contribution in [0.3, 0.4) is 0 Å². The van der Waals surface area contributed by atoms with Crippen molar-refractivity contribution in [2.24, 2.45) is 13.0 Å². The summed E-state index contributed by atoms with van der Waals surface area (Å²) in [7, 11) is 3.18. The Labute approximate surface area is 212 Å². The van der Waals surface area contributed by atoms with Crippen molar-refractivity contribution in [3.63, 3.8) is 0 Å². The molecule has 4 rings (SSSR count). The first kappa shape index (κ1) is 25.7. The van der Waals surface area contributed by atoms with E-state index >= 15 is 0 Å². The van der Waals surface area contributed by atoms with E-state index in [2.05, 4.69) is 15.4 Å². The number of hydrogen-bond donors (Lipinski definition) is 2. The van der Waals surface area contributed by atoms with E-state index < -0.39 is 47.5 Å². The van der Waals surface area contributed by atoms with Gasteiger partial charge in [0.25, 0.3) is 5.91 Å². The summed E-state index contributed by atoms with van der Waals surface area (Å²) in [4.78, 5) is 46.2. The van der Waals surface area contributed by atoms with Crippen LogP contribution in [0.1, 0.15) is 30.5 Å². The number of rotatable bonds is 7. The highest BCUT2D eigenvalue weighted by atomic mass is 19.1. The number of nitrogens with one attached hydrogen (secondary N) is 1. The van der Waals surface area contributed by atoms with Gasteiger partial charge in [-0.3, -0.25) is 24.1 Å². The van der Waals surface area contributed by atoms with Gasteiger partial charge in [-0.15, -0.1) is 0 Å². The van der Waals surface area contributed by atoms with E-state index in [1.165, 1.54) is 29.0 Å². The molecule has 3 aromatic rings. The minimum Gasteiger partial charge on any atom is -0.384 e. The molecule has 1 aromatic carbocycles. The fourth-order valence-corrected chi connectivity index (χ4v) is 4.54. The highest BCUT2D eigenvalue weighted by Gasteiger charge is 2.55. The summed E-state index contributed by atoms with van der Waals surface area (Å²) in [6.45, 7) is 1.68. The van der Waals surface area contributed by atoms with Crippen molar-refractivity contribution in [1.82, 2.24) is 25.0 Å². The number of pyridine rings is 1. The maximum Gasteiger partial charge on any atom is 0.325 e. The SMILES string of the molecule is CC[C@@H](NC(=O)N1C(=O)[C@H](Cc2ccnc(N)c2)[C@H]1C(=O)N(C)c1ccnn1C)c1cc(F)ccc1F. The van der Waals surface area contributed by atoms with Crippen molar-refractivity contribution in [2.45, 2.75) is 31.8 Å². The van der Waals surface area contributed by atoms with Crippen LogP contribution in [0, 0.1) is 17.6 Å². The number of nitrogens with two attached hydrogens (primary N) is 1. The third-order valence-corrected chi connectivity index (χ3v) is 6.50. The largest absolute Gasteiger partial charge is 0.384 e. The maximum absolute atomic E-state index is 14.4. The molecule has 12 heteroatoms. The number of amides is 4. The molecule has 0 radical (unpaired) electrons. The molecule has 1 fully saturated rings. The number of carbonyl (C=O) groups excluding carboxylic acids is 3. The highest BCUT2D eigenvalue weighted by molar-refractivity contribution is 6.12. The number of halogens is 2. The van der Waals surface area contributed by atoms with Gasteiger partial charge in [0.05, 0.1) is 18.2 Å². The average molecular weight is 512 g/mol. The first-order valence-corrected chi connectivity index (χ1v) is 11.7. The molecule has 3 heterocycles. The van der Waals surface area contributed by atoms with Crippen molar-refractivity contribution >= 4 is 29.5 Å². The second-order valence-corrected chi connectivity index (χ2v) is 8.84. The van der Waals surface area contributed by atoms with Gasteiger partial charge in [-0.1, -0.05) is 6.92 Å². The summed E-state index contributed by atoms with van der Waals surface area (Å²) in [5.74, 6) is -2.55. The molecular weight excluding hydrogens is 484 g/mol. The Morgan fingerprint density at radius 1 is 1.19 bits per heavy atom. The van der Waals surface area contributed by atoms with E-state index in [9.17, 15) is 23.2 Å². The molecule has 3 atom stereocenters. The van der Waals surface area contributed by atoms with Crippen LogP contribution in [-0.4, -0.2) is 50.6 Å². The maximum atomic E-state index is 14.4. The minimum atomic E-state index is -1.14. The van der Waals surface area contributed by atoms with Crippen LogP contribution in [0.25, 0.3) is 0 Å². The number of aryl methyl sites for hydroxylation is 1. The van der Waals surface area contributed by atoms with Gasteiger partial charge in [0, 0.05) is 31.9 Å². The van der Waals surface area contributed by atoms with Crippen LogP contribution in [0.4, 0.5) is 25.2 Å². The number of benzene rings is 1. The van der Waals surface area contributed by atoms with Crippen LogP contribution in [-0.2, 0) is 23.1 Å². The van der Waals surface area contributed by atoms with E-state index in [0.29, 0.717) is 11.4 Å². The Kier molecular flexibility index (Phi) is 7.18. The van der Waals surface area contributed by atoms with Gasteiger partial charge >= 0.3 is 6.03 Å². The Morgan fingerprint density at radius 3 is 2.59 bits per heavy atom. The van der Waals surface area contributed by atoms with Gasteiger partial charge in [0.15, 0.2) is 0 Å². The van der Waals surface area contributed by atoms with E-state index in [-0.39, 0.29) is 24.2 Å². The molecule has 0 spiro atoms. The molecule has 3 N–H and O–H groups in total. The van der Waals surface area contributed by atoms with Crippen molar-refractivity contribution < 1.29 is 23.2 Å². The van der Waals surface area contributed by atoms with Crippen molar-refractivity contribution in [1.29, 1.82) is 0 Å². The van der Waals surface area contributed by atoms with Gasteiger partial charge in [-0.2, -0.15) is 5.10 Å². The molecule has 0 aliphatic carbocycles. The molecule has 37 heavy (non-hydrogen) atoms. The summed E-state index contributed by atoms with van der Waals surface area (Å²) < 4.78 is 29.7. The Balaban J connectivity index is 1.62. The normalized spacial score (nSPS) is 17.8. The molecule has 194 valence electrons. The predicted molar refractivity (Wildman–Crippen MR) is 131 cm³/mol. The van der Waals surface area contributed by atoms with E-state index in [4.69, 9.17) is 5.73 Å². The number of hydrogen-bond acceptors (Lipinski definition) is 6. The number of anilines is 2. The van der Waals surface area contributed by atoms with E-state index in [1.807, 2.05) is 0 Å². The van der Waals surface area contributed by atoms with Crippen LogP contribution >= 0.6 is 0 Å². The molecule has 1 aliphatic heterocycles. The molecule has 0 bridgehead atoms. The van der Waals surface area contributed by atoms with Gasteiger partial charge in [0.2, 0.25) is 5.91 Å². The van der Waals surface area contributed by atoms with Gasteiger partial charge < -0.3 is 11.1 Å². The second-order valence-electron chi connectivity index (χ2n) is 8.84. The number of nitrogen functional groups attached to an aromatic ring is 1. The quantitative estimate of drug-likeness (QED) is 0.470.